The molecule has 0 saturated heterocycles. The molecule has 0 atom stereocenters. The summed E-state index contributed by atoms with van der Waals surface area (Å²) in [6, 6.07) is 8.64. The number of ketones is 1. The minimum Gasteiger partial charge on any atom is -0.496 e. The fraction of sp³-hybridized carbons (Fsp3) is 0.250. The Kier molecular flexibility index (Phi) is 5.97. The van der Waals surface area contributed by atoms with Gasteiger partial charge in [-0.3, -0.25) is 4.79 Å². The number of carbonyl (C=O) groups is 2. The van der Waals surface area contributed by atoms with Crippen molar-refractivity contribution >= 4 is 17.8 Å². The standard InChI is InChI=1S/C20H20N2O4/c1-5-26-20(24)18-12(2)16(22-13(18)3)10-14(11-21)19(23)15-8-6-7-9-17(15)25-4/h6-10,22H,5H2,1-4H3/b14-10+. The number of esters is 1. The Morgan fingerprint density at radius 1 is 1.27 bits per heavy atom. The number of nitriles is 1. The number of para-hydroxylation sites is 1. The summed E-state index contributed by atoms with van der Waals surface area (Å²) in [6.07, 6.45) is 1.44. The van der Waals surface area contributed by atoms with Crippen molar-refractivity contribution in [3.63, 3.8) is 0 Å². The molecular weight excluding hydrogens is 332 g/mol. The zero-order valence-electron chi connectivity index (χ0n) is 15.2. The minimum absolute atomic E-state index is 0.0609. The third-order valence-corrected chi connectivity index (χ3v) is 3.96. The second kappa shape index (κ2) is 8.17. The summed E-state index contributed by atoms with van der Waals surface area (Å²) >= 11 is 0. The van der Waals surface area contributed by atoms with Crippen LogP contribution in [0.3, 0.4) is 0 Å². The smallest absolute Gasteiger partial charge is 0.340 e. The lowest BCUT2D eigenvalue weighted by Crippen LogP contribution is -2.06. The van der Waals surface area contributed by atoms with E-state index in [1.165, 1.54) is 13.2 Å². The lowest BCUT2D eigenvalue weighted by atomic mass is 10.0. The largest absolute Gasteiger partial charge is 0.496 e. The summed E-state index contributed by atoms with van der Waals surface area (Å²) in [5.74, 6) is -0.493. The van der Waals surface area contributed by atoms with Crippen LogP contribution >= 0.6 is 0 Å². The first-order chi connectivity index (χ1) is 12.4. The predicted molar refractivity (Wildman–Crippen MR) is 97.1 cm³/mol. The highest BCUT2D eigenvalue weighted by molar-refractivity contribution is 6.15. The van der Waals surface area contributed by atoms with Crippen molar-refractivity contribution in [2.24, 2.45) is 0 Å². The molecule has 0 bridgehead atoms. The van der Waals surface area contributed by atoms with Crippen molar-refractivity contribution in [1.29, 1.82) is 5.26 Å². The molecular formula is C20H20N2O4. The molecule has 6 nitrogen and oxygen atoms in total. The minimum atomic E-state index is -0.450. The summed E-state index contributed by atoms with van der Waals surface area (Å²) in [5.41, 5.74) is 2.42. The van der Waals surface area contributed by atoms with Crippen molar-refractivity contribution in [1.82, 2.24) is 4.98 Å². The van der Waals surface area contributed by atoms with Gasteiger partial charge >= 0.3 is 5.97 Å². The highest BCUT2D eigenvalue weighted by Crippen LogP contribution is 2.24. The van der Waals surface area contributed by atoms with Gasteiger partial charge < -0.3 is 14.5 Å². The van der Waals surface area contributed by atoms with Crippen LogP contribution in [0.25, 0.3) is 6.08 Å². The van der Waals surface area contributed by atoms with E-state index < -0.39 is 11.8 Å². The van der Waals surface area contributed by atoms with E-state index in [1.54, 1.807) is 45.0 Å². The number of methoxy groups -OCH3 is 1. The van der Waals surface area contributed by atoms with Crippen molar-refractivity contribution in [2.75, 3.05) is 13.7 Å². The number of rotatable bonds is 6. The summed E-state index contributed by atoms with van der Waals surface area (Å²) in [4.78, 5) is 27.8. The van der Waals surface area contributed by atoms with Crippen LogP contribution < -0.4 is 4.74 Å². The number of aryl methyl sites for hydroxylation is 1. The normalized spacial score (nSPS) is 11.0. The van der Waals surface area contributed by atoms with E-state index in [4.69, 9.17) is 9.47 Å². The lowest BCUT2D eigenvalue weighted by Gasteiger charge is -2.06. The molecule has 0 fully saturated rings. The Bertz CT molecular complexity index is 916. The third kappa shape index (κ3) is 3.67. The maximum atomic E-state index is 12.7. The van der Waals surface area contributed by atoms with Crippen LogP contribution in [0.1, 0.15) is 44.6 Å². The maximum absolute atomic E-state index is 12.7. The van der Waals surface area contributed by atoms with Gasteiger partial charge in [-0.05, 0) is 44.5 Å². The fourth-order valence-corrected chi connectivity index (χ4v) is 2.70. The molecule has 1 aromatic heterocycles. The van der Waals surface area contributed by atoms with Gasteiger partial charge in [0, 0.05) is 11.4 Å². The summed E-state index contributed by atoms with van der Waals surface area (Å²) < 4.78 is 10.2. The third-order valence-electron chi connectivity index (χ3n) is 3.96. The highest BCUT2D eigenvalue weighted by atomic mass is 16.5. The Morgan fingerprint density at radius 2 is 1.96 bits per heavy atom. The average Bonchev–Trinajstić information content (AvgIpc) is 2.92. The first-order valence-electron chi connectivity index (χ1n) is 8.10. The topological polar surface area (TPSA) is 92.2 Å². The Morgan fingerprint density at radius 3 is 2.58 bits per heavy atom. The van der Waals surface area contributed by atoms with Gasteiger partial charge in [0.2, 0.25) is 5.78 Å². The number of benzene rings is 1. The molecule has 1 heterocycles. The SMILES string of the molecule is CCOC(=O)c1c(C)[nH]c(/C=C(\C#N)C(=O)c2ccccc2OC)c1C. The number of H-pyrrole nitrogens is 1. The first-order valence-corrected chi connectivity index (χ1v) is 8.10. The van der Waals surface area contributed by atoms with Crippen LogP contribution in [0.5, 0.6) is 5.75 Å². The molecule has 134 valence electrons. The van der Waals surface area contributed by atoms with Crippen molar-refractivity contribution in [3.05, 3.63) is 57.9 Å². The second-order valence-electron chi connectivity index (χ2n) is 5.58. The molecule has 0 amide bonds. The molecule has 0 saturated carbocycles. The average molecular weight is 352 g/mol. The van der Waals surface area contributed by atoms with Gasteiger partial charge in [0.05, 0.1) is 24.8 Å². The molecule has 26 heavy (non-hydrogen) atoms. The number of aromatic nitrogens is 1. The van der Waals surface area contributed by atoms with Crippen LogP contribution in [-0.2, 0) is 4.74 Å². The van der Waals surface area contributed by atoms with Crippen molar-refractivity contribution in [2.45, 2.75) is 20.8 Å². The van der Waals surface area contributed by atoms with E-state index in [0.29, 0.717) is 33.8 Å². The second-order valence-corrected chi connectivity index (χ2v) is 5.58. The fourth-order valence-electron chi connectivity index (χ4n) is 2.70. The highest BCUT2D eigenvalue weighted by Gasteiger charge is 2.21. The van der Waals surface area contributed by atoms with Crippen LogP contribution in [-0.4, -0.2) is 30.5 Å². The van der Waals surface area contributed by atoms with E-state index in [-0.39, 0.29) is 12.2 Å². The molecule has 0 aliphatic carbocycles. The van der Waals surface area contributed by atoms with Gasteiger partial charge in [0.1, 0.15) is 17.4 Å². The quantitative estimate of drug-likeness (QED) is 0.371. The molecule has 1 N–H and O–H groups in total. The summed E-state index contributed by atoms with van der Waals surface area (Å²) in [6.45, 7) is 5.48. The van der Waals surface area contributed by atoms with E-state index >= 15 is 0 Å². The number of nitrogens with one attached hydrogen (secondary N) is 1. The molecule has 1 aromatic carbocycles. The predicted octanol–water partition coefficient (Wildman–Crippen LogP) is 3.61. The number of hydrogen-bond acceptors (Lipinski definition) is 5. The molecule has 2 aromatic rings. The van der Waals surface area contributed by atoms with Gasteiger partial charge in [0.25, 0.3) is 0 Å². The van der Waals surface area contributed by atoms with E-state index in [1.807, 2.05) is 6.07 Å². The van der Waals surface area contributed by atoms with E-state index in [9.17, 15) is 14.9 Å². The summed E-state index contributed by atoms with van der Waals surface area (Å²) in [5, 5.41) is 9.46. The van der Waals surface area contributed by atoms with Crippen molar-refractivity contribution in [3.8, 4) is 11.8 Å². The van der Waals surface area contributed by atoms with Crippen LogP contribution in [0.2, 0.25) is 0 Å². The molecule has 0 unspecified atom stereocenters. The van der Waals surface area contributed by atoms with Crippen LogP contribution in [0, 0.1) is 25.2 Å². The van der Waals surface area contributed by atoms with Gasteiger partial charge in [-0.25, -0.2) is 4.79 Å². The zero-order valence-corrected chi connectivity index (χ0v) is 15.2. The number of Topliss-reactive ketones (excluding diaryl/α,β-unsaturated/α-hetero) is 1. The molecule has 0 radical (unpaired) electrons. The van der Waals surface area contributed by atoms with Gasteiger partial charge in [0.15, 0.2) is 0 Å². The molecule has 6 heteroatoms. The number of nitrogens with zero attached hydrogens (tertiary/aromatic N) is 1. The van der Waals surface area contributed by atoms with Gasteiger partial charge in [-0.2, -0.15) is 5.26 Å². The molecule has 0 aliphatic rings. The van der Waals surface area contributed by atoms with Gasteiger partial charge in [-0.1, -0.05) is 12.1 Å². The first kappa shape index (κ1) is 19.0. The van der Waals surface area contributed by atoms with Gasteiger partial charge in [-0.15, -0.1) is 0 Å². The zero-order chi connectivity index (χ0) is 19.3. The number of hydrogen-bond donors (Lipinski definition) is 1. The van der Waals surface area contributed by atoms with Crippen LogP contribution in [0.4, 0.5) is 0 Å². The van der Waals surface area contributed by atoms with E-state index in [0.717, 1.165) is 0 Å². The Labute approximate surface area is 152 Å². The number of carbonyl (C=O) groups excluding carboxylic acids is 2. The maximum Gasteiger partial charge on any atom is 0.340 e. The van der Waals surface area contributed by atoms with Crippen molar-refractivity contribution < 1.29 is 19.1 Å². The number of allylic oxidation sites excluding steroid dienone is 1. The molecule has 2 rings (SSSR count). The lowest BCUT2D eigenvalue weighted by molar-refractivity contribution is 0.0525. The Balaban J connectivity index is 2.47. The molecule has 0 aliphatic heterocycles. The monoisotopic (exact) mass is 352 g/mol. The molecule has 0 spiro atoms. The Hall–Kier alpha value is -3.33. The number of aromatic amines is 1. The number of ether oxygens (including phenoxy) is 2. The van der Waals surface area contributed by atoms with Crippen LogP contribution in [0.15, 0.2) is 29.8 Å². The van der Waals surface area contributed by atoms with E-state index in [2.05, 4.69) is 4.98 Å². The summed E-state index contributed by atoms with van der Waals surface area (Å²) in [7, 11) is 1.46.